The van der Waals surface area contributed by atoms with Gasteiger partial charge in [-0.3, -0.25) is 4.98 Å². The number of anilines is 1. The number of pyridine rings is 1. The highest BCUT2D eigenvalue weighted by Crippen LogP contribution is 2.22. The molecule has 0 amide bonds. The lowest BCUT2D eigenvalue weighted by atomic mass is 10.1. The maximum absolute atomic E-state index is 5.91. The van der Waals surface area contributed by atoms with E-state index in [4.69, 9.17) is 4.74 Å². The van der Waals surface area contributed by atoms with Crippen molar-refractivity contribution in [3.8, 4) is 5.75 Å². The second-order valence-corrected chi connectivity index (χ2v) is 5.72. The molecule has 1 N–H and O–H groups in total. The number of nitrogens with zero attached hydrogens (tertiary/aromatic N) is 3. The summed E-state index contributed by atoms with van der Waals surface area (Å²) in [5, 5.41) is 5.61. The van der Waals surface area contributed by atoms with Crippen LogP contribution < -0.4 is 10.1 Å². The Kier molecular flexibility index (Phi) is 5.21. The molecule has 0 aliphatic rings. The molecule has 0 aliphatic heterocycles. The summed E-state index contributed by atoms with van der Waals surface area (Å²) in [7, 11) is 0. The first-order chi connectivity index (χ1) is 11.8. The van der Waals surface area contributed by atoms with E-state index in [0.29, 0.717) is 12.4 Å². The number of aromatic nitrogens is 3. The summed E-state index contributed by atoms with van der Waals surface area (Å²) in [4.78, 5) is 13.1. The molecule has 0 fully saturated rings. The van der Waals surface area contributed by atoms with E-state index in [2.05, 4.69) is 45.4 Å². The molecule has 0 saturated heterocycles. The minimum Gasteiger partial charge on any atom is -0.482 e. The SMILES string of the molecule is CCCCNc1nc(C)ncc1OCc1cc2ccccc2cn1. The molecule has 0 radical (unpaired) electrons. The van der Waals surface area contributed by atoms with Crippen LogP contribution in [-0.2, 0) is 6.61 Å². The van der Waals surface area contributed by atoms with Crippen LogP contribution in [0.15, 0.2) is 42.7 Å². The van der Waals surface area contributed by atoms with E-state index in [1.165, 1.54) is 0 Å². The molecular formula is C19H22N4O. The van der Waals surface area contributed by atoms with Crippen LogP contribution in [0, 0.1) is 6.92 Å². The Morgan fingerprint density at radius 2 is 1.92 bits per heavy atom. The number of nitrogens with one attached hydrogen (secondary N) is 1. The summed E-state index contributed by atoms with van der Waals surface area (Å²) in [5.41, 5.74) is 0.883. The summed E-state index contributed by atoms with van der Waals surface area (Å²) in [5.74, 6) is 2.13. The van der Waals surface area contributed by atoms with Gasteiger partial charge >= 0.3 is 0 Å². The average Bonchev–Trinajstić information content (AvgIpc) is 2.61. The standard InChI is InChI=1S/C19H22N4O/c1-3-4-9-20-19-18(12-21-14(2)23-19)24-13-17-10-15-7-5-6-8-16(15)11-22-17/h5-8,10-12H,3-4,9,13H2,1-2H3,(H,20,21,23). The Balaban J connectivity index is 1.72. The van der Waals surface area contributed by atoms with Crippen LogP contribution in [0.2, 0.25) is 0 Å². The predicted molar refractivity (Wildman–Crippen MR) is 96.2 cm³/mol. The zero-order chi connectivity index (χ0) is 16.8. The Morgan fingerprint density at radius 3 is 2.75 bits per heavy atom. The molecule has 3 rings (SSSR count). The van der Waals surface area contributed by atoms with Crippen molar-refractivity contribution in [3.63, 3.8) is 0 Å². The van der Waals surface area contributed by atoms with Gasteiger partial charge in [0.1, 0.15) is 12.4 Å². The highest BCUT2D eigenvalue weighted by molar-refractivity contribution is 5.81. The highest BCUT2D eigenvalue weighted by Gasteiger charge is 2.08. The van der Waals surface area contributed by atoms with Crippen LogP contribution in [0.4, 0.5) is 5.82 Å². The molecule has 24 heavy (non-hydrogen) atoms. The van der Waals surface area contributed by atoms with Crippen LogP contribution in [0.5, 0.6) is 5.75 Å². The van der Waals surface area contributed by atoms with Gasteiger partial charge in [-0.15, -0.1) is 0 Å². The molecule has 124 valence electrons. The molecule has 0 bridgehead atoms. The van der Waals surface area contributed by atoms with Crippen LogP contribution in [0.3, 0.4) is 0 Å². The predicted octanol–water partition coefficient (Wildman–Crippen LogP) is 4.12. The van der Waals surface area contributed by atoms with Crippen LogP contribution in [0.1, 0.15) is 31.3 Å². The van der Waals surface area contributed by atoms with E-state index in [1.54, 1.807) is 6.20 Å². The first-order valence-electron chi connectivity index (χ1n) is 8.30. The largest absolute Gasteiger partial charge is 0.482 e. The first kappa shape index (κ1) is 16.2. The molecule has 1 aromatic carbocycles. The Morgan fingerprint density at radius 1 is 1.08 bits per heavy atom. The average molecular weight is 322 g/mol. The lowest BCUT2D eigenvalue weighted by molar-refractivity contribution is 0.300. The Bertz CT molecular complexity index is 819. The van der Waals surface area contributed by atoms with Crippen molar-refractivity contribution in [2.75, 3.05) is 11.9 Å². The molecular weight excluding hydrogens is 300 g/mol. The van der Waals surface area contributed by atoms with Gasteiger partial charge in [0.25, 0.3) is 0 Å². The fourth-order valence-electron chi connectivity index (χ4n) is 2.43. The van der Waals surface area contributed by atoms with Gasteiger partial charge in [0.05, 0.1) is 11.9 Å². The number of rotatable bonds is 7. The molecule has 5 nitrogen and oxygen atoms in total. The molecule has 0 unspecified atom stereocenters. The monoisotopic (exact) mass is 322 g/mol. The summed E-state index contributed by atoms with van der Waals surface area (Å²) in [6.45, 7) is 5.30. The number of hydrogen-bond acceptors (Lipinski definition) is 5. The fraction of sp³-hybridized carbons (Fsp3) is 0.316. The van der Waals surface area contributed by atoms with Crippen molar-refractivity contribution in [1.29, 1.82) is 0 Å². The zero-order valence-electron chi connectivity index (χ0n) is 14.1. The molecule has 0 atom stereocenters. The maximum atomic E-state index is 5.91. The lowest BCUT2D eigenvalue weighted by Crippen LogP contribution is -2.08. The van der Waals surface area contributed by atoms with E-state index < -0.39 is 0 Å². The summed E-state index contributed by atoms with van der Waals surface area (Å²) in [6.07, 6.45) is 5.82. The van der Waals surface area contributed by atoms with Crippen LogP contribution >= 0.6 is 0 Å². The Hall–Kier alpha value is -2.69. The molecule has 5 heteroatoms. The number of hydrogen-bond donors (Lipinski definition) is 1. The third-order valence-corrected chi connectivity index (χ3v) is 3.76. The smallest absolute Gasteiger partial charge is 0.180 e. The third-order valence-electron chi connectivity index (χ3n) is 3.76. The number of fused-ring (bicyclic) bond motifs is 1. The van der Waals surface area contributed by atoms with Crippen molar-refractivity contribution < 1.29 is 4.74 Å². The summed E-state index contributed by atoms with van der Waals surface area (Å²) >= 11 is 0. The van der Waals surface area contributed by atoms with E-state index >= 15 is 0 Å². The van der Waals surface area contributed by atoms with Gasteiger partial charge < -0.3 is 10.1 Å². The van der Waals surface area contributed by atoms with E-state index in [0.717, 1.165) is 47.5 Å². The van der Waals surface area contributed by atoms with Gasteiger partial charge in [-0.05, 0) is 24.8 Å². The zero-order valence-corrected chi connectivity index (χ0v) is 14.1. The lowest BCUT2D eigenvalue weighted by Gasteiger charge is -2.12. The third kappa shape index (κ3) is 3.98. The minimum atomic E-state index is 0.389. The van der Waals surface area contributed by atoms with E-state index in [1.807, 2.05) is 25.3 Å². The van der Waals surface area contributed by atoms with Gasteiger partial charge in [-0.25, -0.2) is 9.97 Å². The van der Waals surface area contributed by atoms with Crippen molar-refractivity contribution in [3.05, 3.63) is 54.2 Å². The normalized spacial score (nSPS) is 10.8. The molecule has 0 spiro atoms. The van der Waals surface area contributed by atoms with E-state index in [9.17, 15) is 0 Å². The number of unbranched alkanes of at least 4 members (excludes halogenated alkanes) is 1. The van der Waals surface area contributed by atoms with Gasteiger partial charge in [-0.2, -0.15) is 0 Å². The van der Waals surface area contributed by atoms with Gasteiger partial charge in [0.2, 0.25) is 0 Å². The fourth-order valence-corrected chi connectivity index (χ4v) is 2.43. The first-order valence-corrected chi connectivity index (χ1v) is 8.30. The minimum absolute atomic E-state index is 0.389. The molecule has 0 saturated carbocycles. The maximum Gasteiger partial charge on any atom is 0.180 e. The topological polar surface area (TPSA) is 59.9 Å². The quantitative estimate of drug-likeness (QED) is 0.663. The summed E-state index contributed by atoms with van der Waals surface area (Å²) in [6, 6.07) is 10.2. The summed E-state index contributed by atoms with van der Waals surface area (Å²) < 4.78 is 5.91. The van der Waals surface area contributed by atoms with Crippen molar-refractivity contribution in [1.82, 2.24) is 15.0 Å². The van der Waals surface area contributed by atoms with E-state index in [-0.39, 0.29) is 0 Å². The van der Waals surface area contributed by atoms with Crippen molar-refractivity contribution in [2.45, 2.75) is 33.3 Å². The van der Waals surface area contributed by atoms with Crippen molar-refractivity contribution >= 4 is 16.6 Å². The second-order valence-electron chi connectivity index (χ2n) is 5.72. The number of ether oxygens (including phenoxy) is 1. The van der Waals surface area contributed by atoms with Gasteiger partial charge in [0.15, 0.2) is 11.6 Å². The second kappa shape index (κ2) is 7.73. The number of benzene rings is 1. The van der Waals surface area contributed by atoms with Crippen LogP contribution in [-0.4, -0.2) is 21.5 Å². The molecule has 0 aliphatic carbocycles. The molecule has 2 aromatic heterocycles. The molecule has 2 heterocycles. The van der Waals surface area contributed by atoms with Gasteiger partial charge in [-0.1, -0.05) is 37.6 Å². The Labute approximate surface area is 142 Å². The highest BCUT2D eigenvalue weighted by atomic mass is 16.5. The van der Waals surface area contributed by atoms with Crippen LogP contribution in [0.25, 0.3) is 10.8 Å². The number of aryl methyl sites for hydroxylation is 1. The molecule has 3 aromatic rings. The van der Waals surface area contributed by atoms with Crippen molar-refractivity contribution in [2.24, 2.45) is 0 Å². The van der Waals surface area contributed by atoms with Gasteiger partial charge in [0, 0.05) is 18.1 Å².